The summed E-state index contributed by atoms with van der Waals surface area (Å²) in [6, 6.07) is 9.38. The minimum Gasteiger partial charge on any atom is -0.381 e. The standard InChI is InChI=1S/C17H7BF10.C9H7.C6F5.Zr/c1-5(2)3-4-18(6-8(19)12(23)16(27)13(24)9(6)20)7-10(21)14(25)17(28)15(26)11(7)22;1-2-5-9-7-3-6-8(9)4-1;7-2-1-3(8)5(10)6(11)4(2)9;/h3-4H,1H2,2H3;1-7H;;/q-2;;-1;+3/b5-3+;;;. The summed E-state index contributed by atoms with van der Waals surface area (Å²) in [5, 5.41) is 0. The van der Waals surface area contributed by atoms with Crippen molar-refractivity contribution in [3.05, 3.63) is 166 Å². The second kappa shape index (κ2) is 17.1. The second-order valence-corrected chi connectivity index (χ2v) is 9.50. The van der Waals surface area contributed by atoms with Gasteiger partial charge in [-0.2, -0.15) is 0 Å². The van der Waals surface area contributed by atoms with Gasteiger partial charge in [-0.25, -0.2) is 57.1 Å². The van der Waals surface area contributed by atoms with Crippen LogP contribution in [0.15, 0.2) is 42.0 Å². The molecule has 0 heterocycles. The van der Waals surface area contributed by atoms with Crippen molar-refractivity contribution in [2.24, 2.45) is 0 Å². The topological polar surface area (TPSA) is 0 Å². The van der Waals surface area contributed by atoms with Crippen LogP contribution in [-0.4, -0.2) is 6.71 Å². The predicted octanol–water partition coefficient (Wildman–Crippen LogP) is 8.66. The average molecular weight is 785 g/mol. The summed E-state index contributed by atoms with van der Waals surface area (Å²) in [6.45, 7) is 2.06. The van der Waals surface area contributed by atoms with Crippen LogP contribution in [0.1, 0.15) is 18.1 Å². The van der Waals surface area contributed by atoms with Crippen LogP contribution >= 0.6 is 0 Å². The summed E-state index contributed by atoms with van der Waals surface area (Å²) >= 11 is 0. The first-order valence-electron chi connectivity index (χ1n) is 12.8. The zero-order valence-corrected chi connectivity index (χ0v) is 26.6. The van der Waals surface area contributed by atoms with E-state index >= 15 is 0 Å². The SMILES string of the molecule is Fc1[c-]c(F)c(F)c(F)c1F.[CH2-]/C(C)=C\[CH-]B(c1c(F)c(F)c(F)c(F)c1F)c1c(F)c(F)c(F)c(F)c1F.[CH]1C=Cc2ccccc21.[Zr+3]. The fraction of sp³-hybridized carbons (Fsp3) is 0.0312. The molecule has 0 bridgehead atoms. The summed E-state index contributed by atoms with van der Waals surface area (Å²) < 4.78 is 197. The molecule has 1 aliphatic rings. The summed E-state index contributed by atoms with van der Waals surface area (Å²) in [4.78, 5) is 0. The summed E-state index contributed by atoms with van der Waals surface area (Å²) in [5.74, 6) is -34.9. The second-order valence-electron chi connectivity index (χ2n) is 9.50. The molecule has 0 saturated carbocycles. The number of fused-ring (bicyclic) bond motifs is 1. The van der Waals surface area contributed by atoms with Crippen molar-refractivity contribution in [3.8, 4) is 0 Å². The van der Waals surface area contributed by atoms with Crippen LogP contribution in [0.4, 0.5) is 65.9 Å². The number of benzene rings is 4. The first-order valence-corrected chi connectivity index (χ1v) is 12.8. The van der Waals surface area contributed by atoms with Crippen molar-refractivity contribution in [1.82, 2.24) is 0 Å². The summed E-state index contributed by atoms with van der Waals surface area (Å²) in [6.07, 6.45) is 7.66. The van der Waals surface area contributed by atoms with E-state index in [1.54, 1.807) is 0 Å². The third kappa shape index (κ3) is 8.78. The van der Waals surface area contributed by atoms with Gasteiger partial charge < -0.3 is 24.9 Å². The van der Waals surface area contributed by atoms with Crippen LogP contribution in [0.25, 0.3) is 6.08 Å². The van der Waals surface area contributed by atoms with E-state index in [0.29, 0.717) is 6.32 Å². The Kier molecular flexibility index (Phi) is 14.4. The largest absolute Gasteiger partial charge is 3.00 e. The van der Waals surface area contributed by atoms with E-state index in [9.17, 15) is 65.9 Å². The molecule has 0 aliphatic heterocycles. The Morgan fingerprint density at radius 1 is 0.571 bits per heavy atom. The van der Waals surface area contributed by atoms with E-state index in [2.05, 4.69) is 49.8 Å². The zero-order valence-electron chi connectivity index (χ0n) is 24.2. The molecule has 49 heavy (non-hydrogen) atoms. The van der Waals surface area contributed by atoms with Gasteiger partial charge in [0, 0.05) is 6.42 Å². The van der Waals surface area contributed by atoms with Crippen LogP contribution in [0.5, 0.6) is 0 Å². The first kappa shape index (κ1) is 41.2. The van der Waals surface area contributed by atoms with Gasteiger partial charge in [0.2, 0.25) is 0 Å². The van der Waals surface area contributed by atoms with E-state index in [-0.39, 0.29) is 31.8 Å². The van der Waals surface area contributed by atoms with Crippen LogP contribution < -0.4 is 10.9 Å². The van der Waals surface area contributed by atoms with Gasteiger partial charge in [0.15, 0.2) is 58.2 Å². The third-order valence-electron chi connectivity index (χ3n) is 6.22. The predicted molar refractivity (Wildman–Crippen MR) is 145 cm³/mol. The van der Waals surface area contributed by atoms with Gasteiger partial charge >= 0.3 is 26.2 Å². The number of halogens is 15. The van der Waals surface area contributed by atoms with Crippen LogP contribution in [0, 0.1) is 113 Å². The first-order chi connectivity index (χ1) is 22.4. The molecule has 0 spiro atoms. The summed E-state index contributed by atoms with van der Waals surface area (Å²) in [5.41, 5.74) is -0.845. The minimum absolute atomic E-state index is 0. The molecule has 254 valence electrons. The molecule has 5 rings (SSSR count). The molecule has 4 aromatic rings. The number of hydrogen-bond donors (Lipinski definition) is 0. The van der Waals surface area contributed by atoms with Crippen LogP contribution in [0.2, 0.25) is 0 Å². The molecule has 0 nitrogen and oxygen atoms in total. The minimum atomic E-state index is -2.56. The Labute approximate surface area is 288 Å². The molecule has 2 radical (unpaired) electrons. The van der Waals surface area contributed by atoms with E-state index in [0.717, 1.165) is 12.1 Å². The van der Waals surface area contributed by atoms with E-state index in [4.69, 9.17) is 0 Å². The molecule has 0 N–H and O–H groups in total. The summed E-state index contributed by atoms with van der Waals surface area (Å²) in [7, 11) is 0. The number of allylic oxidation sites excluding steroid dienone is 3. The maximum atomic E-state index is 14.1. The Morgan fingerprint density at radius 2 is 0.918 bits per heavy atom. The maximum Gasteiger partial charge on any atom is 3.00 e. The van der Waals surface area contributed by atoms with Gasteiger partial charge in [0.25, 0.3) is 0 Å². The Morgan fingerprint density at radius 3 is 1.29 bits per heavy atom. The maximum absolute atomic E-state index is 14.1. The fourth-order valence-corrected chi connectivity index (χ4v) is 3.95. The van der Waals surface area contributed by atoms with Crippen molar-refractivity contribution >= 4 is 23.7 Å². The van der Waals surface area contributed by atoms with Gasteiger partial charge in [0.05, 0.1) is 29.1 Å². The molecule has 0 fully saturated rings. The van der Waals surface area contributed by atoms with Gasteiger partial charge in [-0.15, -0.1) is 13.0 Å². The molecule has 0 atom stereocenters. The van der Waals surface area contributed by atoms with Gasteiger partial charge in [-0.3, -0.25) is 8.78 Å². The quantitative estimate of drug-likeness (QED) is 0.0640. The fourth-order valence-electron chi connectivity index (χ4n) is 3.95. The zero-order chi connectivity index (χ0) is 36.2. The van der Waals surface area contributed by atoms with Crippen molar-refractivity contribution in [2.45, 2.75) is 6.92 Å². The molecule has 4 aromatic carbocycles. The number of hydrogen-bond acceptors (Lipinski definition) is 0. The monoisotopic (exact) mass is 784 g/mol. The number of rotatable bonds is 4. The molecule has 0 amide bonds. The molecule has 0 saturated heterocycles. The van der Waals surface area contributed by atoms with E-state index < -0.39 is 105 Å². The molecule has 17 heteroatoms. The van der Waals surface area contributed by atoms with Crippen molar-refractivity contribution in [1.29, 1.82) is 0 Å². The van der Waals surface area contributed by atoms with Crippen molar-refractivity contribution in [3.63, 3.8) is 0 Å². The average Bonchev–Trinajstić information content (AvgIpc) is 3.54. The normalized spacial score (nSPS) is 11.6. The van der Waals surface area contributed by atoms with Crippen LogP contribution in [0.3, 0.4) is 0 Å². The van der Waals surface area contributed by atoms with E-state index in [1.807, 2.05) is 0 Å². The molecule has 1 aliphatic carbocycles. The smallest absolute Gasteiger partial charge is 0.381 e. The molecule has 0 aromatic heterocycles. The van der Waals surface area contributed by atoms with Crippen LogP contribution in [-0.2, 0) is 26.2 Å². The van der Waals surface area contributed by atoms with Crippen molar-refractivity contribution in [2.75, 3.05) is 0 Å². The Balaban J connectivity index is 0.000000320. The Bertz CT molecular complexity index is 1770. The van der Waals surface area contributed by atoms with Crippen molar-refractivity contribution < 1.29 is 92.1 Å². The molecular weight excluding hydrogens is 771 g/mol. The molecular formula is C32H14BF15Zr. The van der Waals surface area contributed by atoms with Gasteiger partial charge in [0.1, 0.15) is 6.71 Å². The third-order valence-corrected chi connectivity index (χ3v) is 6.22. The Hall–Kier alpha value is -4.00. The van der Waals surface area contributed by atoms with Gasteiger partial charge in [-0.1, -0.05) is 36.4 Å². The van der Waals surface area contributed by atoms with Gasteiger partial charge in [-0.05, 0) is 22.1 Å². The molecule has 0 unspecified atom stereocenters. The van der Waals surface area contributed by atoms with E-state index in [1.165, 1.54) is 18.1 Å².